The van der Waals surface area contributed by atoms with Gasteiger partial charge in [-0.2, -0.15) is 8.42 Å². The maximum absolute atomic E-state index is 10.7. The first kappa shape index (κ1) is 22.7. The summed E-state index contributed by atoms with van der Waals surface area (Å²) in [7, 11) is -3.40. The fourth-order valence-electron chi connectivity index (χ4n) is 2.42. The van der Waals surface area contributed by atoms with Crippen LogP contribution in [0.25, 0.3) is 10.8 Å². The number of fused-ring (bicyclic) bond motifs is 1. The van der Waals surface area contributed by atoms with Gasteiger partial charge in [-0.3, -0.25) is 4.18 Å². The Morgan fingerprint density at radius 1 is 0.679 bits per heavy atom. The molecule has 0 aliphatic rings. The average Bonchev–Trinajstić information content (AvgIpc) is 2.67. The van der Waals surface area contributed by atoms with Crippen molar-refractivity contribution in [3.63, 3.8) is 0 Å². The number of ether oxygens (including phenoxy) is 4. The Morgan fingerprint density at radius 3 is 1.82 bits per heavy atom. The van der Waals surface area contributed by atoms with E-state index in [1.54, 1.807) is 0 Å². The van der Waals surface area contributed by atoms with Crippen molar-refractivity contribution in [3.05, 3.63) is 48.0 Å². The fraction of sp³-hybridized carbons (Fsp3) is 0.500. The Hall–Kier alpha value is -1.55. The molecule has 0 saturated carbocycles. The topological polar surface area (TPSA) is 80.3 Å². The van der Waals surface area contributed by atoms with Crippen molar-refractivity contribution in [1.82, 2.24) is 0 Å². The summed E-state index contributed by atoms with van der Waals surface area (Å²) in [5, 5.41) is 2.44. The van der Waals surface area contributed by atoms with Gasteiger partial charge in [0, 0.05) is 0 Å². The van der Waals surface area contributed by atoms with Crippen LogP contribution in [0.5, 0.6) is 0 Å². The minimum absolute atomic E-state index is 0.0150. The third kappa shape index (κ3) is 10.1. The van der Waals surface area contributed by atoms with E-state index in [0.29, 0.717) is 46.2 Å². The highest BCUT2D eigenvalue weighted by Crippen LogP contribution is 2.16. The van der Waals surface area contributed by atoms with Gasteiger partial charge in [0.1, 0.15) is 0 Å². The lowest BCUT2D eigenvalue weighted by Crippen LogP contribution is -2.14. The molecule has 0 bridgehead atoms. The largest absolute Gasteiger partial charge is 0.377 e. The second kappa shape index (κ2) is 12.8. The molecule has 0 aromatic heterocycles. The first-order valence-corrected chi connectivity index (χ1v) is 11.0. The van der Waals surface area contributed by atoms with Crippen LogP contribution in [-0.2, 0) is 39.9 Å². The normalized spacial score (nSPS) is 11.9. The molecule has 0 saturated heterocycles. The molecule has 0 fully saturated rings. The molecular formula is C20H28O7S. The Balaban J connectivity index is 1.38. The van der Waals surface area contributed by atoms with Crippen LogP contribution in [-0.4, -0.2) is 67.5 Å². The maximum atomic E-state index is 10.7. The van der Waals surface area contributed by atoms with Crippen molar-refractivity contribution in [2.75, 3.05) is 59.1 Å². The zero-order valence-corrected chi connectivity index (χ0v) is 17.0. The van der Waals surface area contributed by atoms with Crippen molar-refractivity contribution < 1.29 is 31.5 Å². The molecule has 0 aliphatic heterocycles. The van der Waals surface area contributed by atoms with Gasteiger partial charge in [0.25, 0.3) is 10.1 Å². The van der Waals surface area contributed by atoms with Gasteiger partial charge in [-0.1, -0.05) is 36.4 Å². The molecule has 28 heavy (non-hydrogen) atoms. The molecule has 2 aromatic rings. The number of rotatable bonds is 15. The van der Waals surface area contributed by atoms with Crippen LogP contribution in [0.15, 0.2) is 42.5 Å². The third-order valence-electron chi connectivity index (χ3n) is 3.72. The molecule has 0 atom stereocenters. The molecule has 0 unspecified atom stereocenters. The van der Waals surface area contributed by atoms with E-state index in [9.17, 15) is 8.42 Å². The molecule has 0 amide bonds. The van der Waals surface area contributed by atoms with Gasteiger partial charge >= 0.3 is 0 Å². The van der Waals surface area contributed by atoms with Crippen LogP contribution >= 0.6 is 0 Å². The summed E-state index contributed by atoms with van der Waals surface area (Å²) in [6, 6.07) is 14.6. The van der Waals surface area contributed by atoms with Crippen LogP contribution < -0.4 is 0 Å². The average molecular weight is 413 g/mol. The van der Waals surface area contributed by atoms with E-state index >= 15 is 0 Å². The van der Waals surface area contributed by atoms with E-state index in [4.69, 9.17) is 18.9 Å². The molecule has 8 heteroatoms. The molecule has 0 spiro atoms. The second-order valence-corrected chi connectivity index (χ2v) is 7.74. The standard InChI is InChI=1S/C20H28O7S/c1-28(21,22)27-15-14-25-11-10-23-8-9-24-12-13-26-17-18-6-7-19-4-2-3-5-20(19)16-18/h2-7,16H,8-15,17H2,1H3. The van der Waals surface area contributed by atoms with E-state index in [0.717, 1.165) is 11.8 Å². The molecule has 2 aromatic carbocycles. The predicted molar refractivity (Wildman–Crippen MR) is 107 cm³/mol. The van der Waals surface area contributed by atoms with E-state index < -0.39 is 10.1 Å². The highest BCUT2D eigenvalue weighted by Gasteiger charge is 2.00. The summed E-state index contributed by atoms with van der Waals surface area (Å²) >= 11 is 0. The fourth-order valence-corrected chi connectivity index (χ4v) is 2.79. The minimum atomic E-state index is -3.40. The Kier molecular flexibility index (Phi) is 10.4. The Morgan fingerprint density at radius 2 is 1.21 bits per heavy atom. The van der Waals surface area contributed by atoms with Crippen LogP contribution in [0, 0.1) is 0 Å². The summed E-state index contributed by atoms with van der Waals surface area (Å²) < 4.78 is 47.6. The summed E-state index contributed by atoms with van der Waals surface area (Å²) in [6.45, 7) is 3.56. The van der Waals surface area contributed by atoms with Crippen molar-refractivity contribution in [2.24, 2.45) is 0 Å². The van der Waals surface area contributed by atoms with Crippen LogP contribution in [0.1, 0.15) is 5.56 Å². The van der Waals surface area contributed by atoms with E-state index in [2.05, 4.69) is 34.5 Å². The SMILES string of the molecule is CS(=O)(=O)OCCOCCOCCOCCOCc1ccc2ccccc2c1. The third-order valence-corrected chi connectivity index (χ3v) is 4.32. The summed E-state index contributed by atoms with van der Waals surface area (Å²) in [5.74, 6) is 0. The lowest BCUT2D eigenvalue weighted by molar-refractivity contribution is -0.00639. The predicted octanol–water partition coefficient (Wildman–Crippen LogP) is 2.38. The van der Waals surface area contributed by atoms with Crippen molar-refractivity contribution >= 4 is 20.9 Å². The molecule has 0 aliphatic carbocycles. The highest BCUT2D eigenvalue weighted by atomic mass is 32.2. The lowest BCUT2D eigenvalue weighted by Gasteiger charge is -2.08. The Labute approximate surface area is 166 Å². The maximum Gasteiger partial charge on any atom is 0.264 e. The van der Waals surface area contributed by atoms with Crippen molar-refractivity contribution in [2.45, 2.75) is 6.61 Å². The van der Waals surface area contributed by atoms with E-state index in [1.807, 2.05) is 12.1 Å². The molecular weight excluding hydrogens is 384 g/mol. The van der Waals surface area contributed by atoms with Crippen LogP contribution in [0.2, 0.25) is 0 Å². The van der Waals surface area contributed by atoms with Gasteiger partial charge in [-0.15, -0.1) is 0 Å². The van der Waals surface area contributed by atoms with Gasteiger partial charge in [0.15, 0.2) is 0 Å². The number of benzene rings is 2. The molecule has 2 rings (SSSR count). The quantitative estimate of drug-likeness (QED) is 0.328. The highest BCUT2D eigenvalue weighted by molar-refractivity contribution is 7.85. The summed E-state index contributed by atoms with van der Waals surface area (Å²) in [5.41, 5.74) is 1.14. The van der Waals surface area contributed by atoms with Crippen LogP contribution in [0.3, 0.4) is 0 Å². The Bertz CT molecular complexity index is 792. The molecule has 7 nitrogen and oxygen atoms in total. The smallest absolute Gasteiger partial charge is 0.264 e. The van der Waals surface area contributed by atoms with E-state index in [-0.39, 0.29) is 13.2 Å². The van der Waals surface area contributed by atoms with Crippen molar-refractivity contribution in [1.29, 1.82) is 0 Å². The summed E-state index contributed by atoms with van der Waals surface area (Å²) in [6.07, 6.45) is 1.00. The monoisotopic (exact) mass is 412 g/mol. The molecule has 0 heterocycles. The molecule has 0 radical (unpaired) electrons. The minimum Gasteiger partial charge on any atom is -0.377 e. The molecule has 0 N–H and O–H groups in total. The molecule has 156 valence electrons. The van der Waals surface area contributed by atoms with Gasteiger partial charge in [0.2, 0.25) is 0 Å². The lowest BCUT2D eigenvalue weighted by atomic mass is 10.1. The summed E-state index contributed by atoms with van der Waals surface area (Å²) in [4.78, 5) is 0. The zero-order chi connectivity index (χ0) is 20.1. The second-order valence-electron chi connectivity index (χ2n) is 6.10. The van der Waals surface area contributed by atoms with Gasteiger partial charge in [-0.05, 0) is 22.4 Å². The first-order chi connectivity index (χ1) is 13.5. The number of hydrogen-bond donors (Lipinski definition) is 0. The van der Waals surface area contributed by atoms with Crippen LogP contribution in [0.4, 0.5) is 0 Å². The van der Waals surface area contributed by atoms with Gasteiger partial charge in [0.05, 0.1) is 65.7 Å². The first-order valence-electron chi connectivity index (χ1n) is 9.18. The van der Waals surface area contributed by atoms with Crippen molar-refractivity contribution in [3.8, 4) is 0 Å². The van der Waals surface area contributed by atoms with Gasteiger partial charge < -0.3 is 18.9 Å². The zero-order valence-electron chi connectivity index (χ0n) is 16.2. The number of hydrogen-bond acceptors (Lipinski definition) is 7. The van der Waals surface area contributed by atoms with Gasteiger partial charge in [-0.25, -0.2) is 0 Å². The van der Waals surface area contributed by atoms with E-state index in [1.165, 1.54) is 10.8 Å².